The van der Waals surface area contributed by atoms with E-state index in [2.05, 4.69) is 20.9 Å². The van der Waals surface area contributed by atoms with Gasteiger partial charge in [0.25, 0.3) is 5.91 Å². The van der Waals surface area contributed by atoms with Gasteiger partial charge in [0.15, 0.2) is 0 Å². The van der Waals surface area contributed by atoms with Crippen molar-refractivity contribution < 1.29 is 9.18 Å². The molecule has 1 amide bonds. The fraction of sp³-hybridized carbons (Fsp3) is 0.200. The van der Waals surface area contributed by atoms with Gasteiger partial charge in [-0.25, -0.2) is 4.39 Å². The van der Waals surface area contributed by atoms with E-state index in [1.54, 1.807) is 23.2 Å². The van der Waals surface area contributed by atoms with Crippen LogP contribution < -0.4 is 0 Å². The van der Waals surface area contributed by atoms with Gasteiger partial charge in [0.2, 0.25) is 0 Å². The highest BCUT2D eigenvalue weighted by atomic mass is 79.9. The van der Waals surface area contributed by atoms with E-state index in [0.29, 0.717) is 13.1 Å². The number of hydrogen-bond donors (Lipinski definition) is 0. The summed E-state index contributed by atoms with van der Waals surface area (Å²) in [6.07, 6.45) is 1.67. The Balaban J connectivity index is 2.23. The molecule has 0 fully saturated rings. The second-order valence-electron chi connectivity index (χ2n) is 4.24. The van der Waals surface area contributed by atoms with Crippen molar-refractivity contribution in [2.75, 3.05) is 6.54 Å². The van der Waals surface area contributed by atoms with Crippen LogP contribution in [0.15, 0.2) is 47.1 Å². The third-order valence-corrected chi connectivity index (χ3v) is 3.54. The highest BCUT2D eigenvalue weighted by Crippen LogP contribution is 2.20. The molecule has 0 aliphatic rings. The lowest BCUT2D eigenvalue weighted by molar-refractivity contribution is 0.0745. The van der Waals surface area contributed by atoms with Gasteiger partial charge in [-0.2, -0.15) is 0 Å². The summed E-state index contributed by atoms with van der Waals surface area (Å²) in [6.45, 7) is 2.71. The van der Waals surface area contributed by atoms with E-state index >= 15 is 0 Å². The molecule has 0 bridgehead atoms. The predicted molar refractivity (Wildman–Crippen MR) is 78.8 cm³/mol. The average molecular weight is 337 g/mol. The van der Waals surface area contributed by atoms with E-state index in [1.165, 1.54) is 6.07 Å². The summed E-state index contributed by atoms with van der Waals surface area (Å²) in [4.78, 5) is 18.1. The first-order valence-electron chi connectivity index (χ1n) is 6.26. The normalized spacial score (nSPS) is 10.3. The van der Waals surface area contributed by atoms with Crippen LogP contribution in [0.5, 0.6) is 0 Å². The van der Waals surface area contributed by atoms with Crippen molar-refractivity contribution in [2.45, 2.75) is 13.5 Å². The number of amides is 1. The molecule has 1 aromatic heterocycles. The van der Waals surface area contributed by atoms with Crippen LogP contribution in [-0.2, 0) is 6.54 Å². The molecule has 0 aliphatic heterocycles. The maximum absolute atomic E-state index is 14.0. The molecule has 2 rings (SSSR count). The SMILES string of the molecule is CCN(Cc1ccccn1)C(=O)c1cccc(Br)c1F. The summed E-state index contributed by atoms with van der Waals surface area (Å²) in [5, 5.41) is 0. The number of pyridine rings is 1. The van der Waals surface area contributed by atoms with Gasteiger partial charge in [0.1, 0.15) is 5.82 Å². The van der Waals surface area contributed by atoms with E-state index in [4.69, 9.17) is 0 Å². The zero-order chi connectivity index (χ0) is 14.5. The number of carbonyl (C=O) groups is 1. The van der Waals surface area contributed by atoms with E-state index in [-0.39, 0.29) is 15.9 Å². The molecular weight excluding hydrogens is 323 g/mol. The zero-order valence-corrected chi connectivity index (χ0v) is 12.6. The molecule has 3 nitrogen and oxygen atoms in total. The summed E-state index contributed by atoms with van der Waals surface area (Å²) >= 11 is 3.09. The third kappa shape index (κ3) is 3.22. The van der Waals surface area contributed by atoms with Crippen LogP contribution in [0, 0.1) is 5.82 Å². The molecule has 20 heavy (non-hydrogen) atoms. The Morgan fingerprint density at radius 3 is 2.75 bits per heavy atom. The molecule has 0 radical (unpaired) electrons. The molecule has 5 heteroatoms. The Morgan fingerprint density at radius 2 is 2.10 bits per heavy atom. The standard InChI is InChI=1S/C15H14BrFN2O/c1-2-19(10-11-6-3-4-9-18-11)15(20)12-7-5-8-13(16)14(12)17/h3-9H,2,10H2,1H3. The summed E-state index contributed by atoms with van der Waals surface area (Å²) in [7, 11) is 0. The highest BCUT2D eigenvalue weighted by molar-refractivity contribution is 9.10. The lowest BCUT2D eigenvalue weighted by Crippen LogP contribution is -2.31. The lowest BCUT2D eigenvalue weighted by atomic mass is 10.1. The quantitative estimate of drug-likeness (QED) is 0.853. The number of benzene rings is 1. The molecule has 1 aromatic carbocycles. The van der Waals surface area contributed by atoms with Crippen molar-refractivity contribution in [3.8, 4) is 0 Å². The second kappa shape index (κ2) is 6.61. The topological polar surface area (TPSA) is 33.2 Å². The smallest absolute Gasteiger partial charge is 0.257 e. The molecule has 0 atom stereocenters. The monoisotopic (exact) mass is 336 g/mol. The van der Waals surface area contributed by atoms with Gasteiger partial charge in [-0.3, -0.25) is 9.78 Å². The first-order valence-corrected chi connectivity index (χ1v) is 7.06. The molecule has 0 unspecified atom stereocenters. The molecule has 0 N–H and O–H groups in total. The Bertz CT molecular complexity index is 604. The zero-order valence-electron chi connectivity index (χ0n) is 11.0. The third-order valence-electron chi connectivity index (χ3n) is 2.93. The molecule has 2 aromatic rings. The summed E-state index contributed by atoms with van der Waals surface area (Å²) in [6, 6.07) is 10.2. The fourth-order valence-corrected chi connectivity index (χ4v) is 2.22. The molecule has 1 heterocycles. The van der Waals surface area contributed by atoms with Crippen LogP contribution in [-0.4, -0.2) is 22.3 Å². The summed E-state index contributed by atoms with van der Waals surface area (Å²) in [5.74, 6) is -0.867. The van der Waals surface area contributed by atoms with E-state index in [0.717, 1.165) is 5.69 Å². The van der Waals surface area contributed by atoms with Gasteiger partial charge in [-0.05, 0) is 47.1 Å². The molecule has 0 saturated heterocycles. The molecule has 0 saturated carbocycles. The number of hydrogen-bond acceptors (Lipinski definition) is 2. The number of carbonyl (C=O) groups excluding carboxylic acids is 1. The van der Waals surface area contributed by atoms with Gasteiger partial charge in [-0.1, -0.05) is 12.1 Å². The van der Waals surface area contributed by atoms with Crippen LogP contribution >= 0.6 is 15.9 Å². The number of nitrogens with zero attached hydrogens (tertiary/aromatic N) is 2. The van der Waals surface area contributed by atoms with Crippen molar-refractivity contribution in [3.63, 3.8) is 0 Å². The number of halogens is 2. The lowest BCUT2D eigenvalue weighted by Gasteiger charge is -2.21. The molecular formula is C15H14BrFN2O. The molecule has 104 valence electrons. The van der Waals surface area contributed by atoms with Crippen LogP contribution in [0.2, 0.25) is 0 Å². The van der Waals surface area contributed by atoms with E-state index in [9.17, 15) is 9.18 Å². The van der Waals surface area contributed by atoms with Gasteiger partial charge in [0.05, 0.1) is 22.3 Å². The van der Waals surface area contributed by atoms with Crippen molar-refractivity contribution in [2.24, 2.45) is 0 Å². The van der Waals surface area contributed by atoms with Crippen molar-refractivity contribution in [1.82, 2.24) is 9.88 Å². The number of aromatic nitrogens is 1. The van der Waals surface area contributed by atoms with Gasteiger partial charge in [0, 0.05) is 12.7 Å². The summed E-state index contributed by atoms with van der Waals surface area (Å²) < 4.78 is 14.3. The minimum absolute atomic E-state index is 0.0668. The van der Waals surface area contributed by atoms with E-state index in [1.807, 2.05) is 25.1 Å². The minimum Gasteiger partial charge on any atom is -0.333 e. The Kier molecular flexibility index (Phi) is 4.84. The first kappa shape index (κ1) is 14.7. The summed E-state index contributed by atoms with van der Waals surface area (Å²) in [5.41, 5.74) is 0.843. The minimum atomic E-state index is -0.531. The Hall–Kier alpha value is -1.75. The van der Waals surface area contributed by atoms with Crippen LogP contribution in [0.4, 0.5) is 4.39 Å². The van der Waals surface area contributed by atoms with Crippen molar-refractivity contribution >= 4 is 21.8 Å². The van der Waals surface area contributed by atoms with Crippen molar-refractivity contribution in [3.05, 3.63) is 64.1 Å². The Morgan fingerprint density at radius 1 is 1.30 bits per heavy atom. The van der Waals surface area contributed by atoms with Crippen LogP contribution in [0.25, 0.3) is 0 Å². The van der Waals surface area contributed by atoms with Crippen LogP contribution in [0.1, 0.15) is 23.0 Å². The maximum Gasteiger partial charge on any atom is 0.257 e. The average Bonchev–Trinajstić information content (AvgIpc) is 2.48. The second-order valence-corrected chi connectivity index (χ2v) is 5.10. The van der Waals surface area contributed by atoms with Gasteiger partial charge < -0.3 is 4.90 Å². The number of rotatable bonds is 4. The van der Waals surface area contributed by atoms with Crippen LogP contribution in [0.3, 0.4) is 0 Å². The van der Waals surface area contributed by atoms with Gasteiger partial charge >= 0.3 is 0 Å². The molecule has 0 spiro atoms. The first-order chi connectivity index (χ1) is 9.63. The maximum atomic E-state index is 14.0. The fourth-order valence-electron chi connectivity index (χ4n) is 1.85. The van der Waals surface area contributed by atoms with E-state index < -0.39 is 5.82 Å². The van der Waals surface area contributed by atoms with Gasteiger partial charge in [-0.15, -0.1) is 0 Å². The van der Waals surface area contributed by atoms with Crippen molar-refractivity contribution in [1.29, 1.82) is 0 Å². The highest BCUT2D eigenvalue weighted by Gasteiger charge is 2.19. The Labute approximate surface area is 125 Å². The predicted octanol–water partition coefficient (Wildman–Crippen LogP) is 3.65. The largest absolute Gasteiger partial charge is 0.333 e. The molecule has 0 aliphatic carbocycles.